The average molecular weight is 539 g/mol. The minimum atomic E-state index is 0.0114. The maximum atomic E-state index is 6.26. The fourth-order valence-corrected chi connectivity index (χ4v) is 6.05. The van der Waals surface area contributed by atoms with Crippen LogP contribution in [0.15, 0.2) is 36.4 Å². The molecule has 3 aromatic rings. The number of anilines is 1. The fourth-order valence-electron chi connectivity index (χ4n) is 4.72. The van der Waals surface area contributed by atoms with E-state index in [9.17, 15) is 0 Å². The van der Waals surface area contributed by atoms with Crippen molar-refractivity contribution in [3.63, 3.8) is 0 Å². The normalized spacial score (nSPS) is 11.6. The summed E-state index contributed by atoms with van der Waals surface area (Å²) >= 11 is 1.80. The highest BCUT2D eigenvalue weighted by Crippen LogP contribution is 2.43. The van der Waals surface area contributed by atoms with Gasteiger partial charge in [0.25, 0.3) is 0 Å². The van der Waals surface area contributed by atoms with Crippen LogP contribution in [0.2, 0.25) is 0 Å². The highest BCUT2D eigenvalue weighted by Gasteiger charge is 2.27. The van der Waals surface area contributed by atoms with Gasteiger partial charge in [-0.2, -0.15) is 0 Å². The molecular formula is C31H46N4O2S. The van der Waals surface area contributed by atoms with Crippen molar-refractivity contribution in [3.05, 3.63) is 69.2 Å². The molecule has 0 unspecified atom stereocenters. The van der Waals surface area contributed by atoms with E-state index in [1.807, 2.05) is 10.1 Å². The first kappa shape index (κ1) is 29.9. The van der Waals surface area contributed by atoms with Crippen LogP contribution in [-0.4, -0.2) is 54.4 Å². The summed E-state index contributed by atoms with van der Waals surface area (Å²) in [7, 11) is 0. The van der Waals surface area contributed by atoms with Gasteiger partial charge in [0, 0.05) is 50.1 Å². The summed E-state index contributed by atoms with van der Waals surface area (Å²) in [5, 5.41) is 5.03. The van der Waals surface area contributed by atoms with E-state index in [0.29, 0.717) is 0 Å². The molecule has 0 aliphatic heterocycles. The summed E-state index contributed by atoms with van der Waals surface area (Å²) in [4.78, 5) is 21.1. The van der Waals surface area contributed by atoms with Gasteiger partial charge in [0.2, 0.25) is 0 Å². The van der Waals surface area contributed by atoms with Crippen LogP contribution in [0.4, 0.5) is 5.13 Å². The first-order valence-electron chi connectivity index (χ1n) is 14.1. The third-order valence-corrected chi connectivity index (χ3v) is 8.40. The summed E-state index contributed by atoms with van der Waals surface area (Å²) in [5.41, 5.74) is 6.00. The van der Waals surface area contributed by atoms with Crippen molar-refractivity contribution in [2.45, 2.75) is 68.2 Å². The topological polar surface area (TPSA) is 41.1 Å². The Kier molecular flexibility index (Phi) is 11.0. The highest BCUT2D eigenvalue weighted by atomic mass is 32.1. The number of nitrogens with zero attached hydrogens (tertiary/aromatic N) is 4. The predicted molar refractivity (Wildman–Crippen MR) is 161 cm³/mol. The minimum Gasteiger partial charge on any atom is -0.406 e. The Hall–Kier alpha value is -2.61. The van der Waals surface area contributed by atoms with E-state index in [1.165, 1.54) is 27.1 Å². The second-order valence-electron chi connectivity index (χ2n) is 9.50. The standard InChI is InChI=1S/C31H46N4O2S/c1-10-33(11-2)31-32-24(9)30(38-31)29(27-20-25(18-16-22(27)7)36-34(12-3)13-4)28-21-26(19-17-23(28)8)37-35(14-5)15-6/h16-21,29H,10-15H2,1-9H3. The van der Waals surface area contributed by atoms with Gasteiger partial charge >= 0.3 is 0 Å². The van der Waals surface area contributed by atoms with E-state index in [0.717, 1.165) is 61.6 Å². The molecule has 0 amide bonds. The second-order valence-corrected chi connectivity index (χ2v) is 10.5. The average Bonchev–Trinajstić information content (AvgIpc) is 3.30. The predicted octanol–water partition coefficient (Wildman–Crippen LogP) is 7.37. The van der Waals surface area contributed by atoms with Crippen LogP contribution in [-0.2, 0) is 0 Å². The first-order valence-corrected chi connectivity index (χ1v) is 14.9. The summed E-state index contributed by atoms with van der Waals surface area (Å²) in [6, 6.07) is 12.9. The maximum absolute atomic E-state index is 6.26. The van der Waals surface area contributed by atoms with Crippen molar-refractivity contribution in [1.29, 1.82) is 0 Å². The number of aromatic nitrogens is 1. The number of hydrogen-bond donors (Lipinski definition) is 0. The Balaban J connectivity index is 2.22. The molecule has 0 fully saturated rings. The Morgan fingerprint density at radius 3 is 1.53 bits per heavy atom. The SMILES string of the molecule is CCN(CC)Oc1ccc(C)c(C(c2cc(ON(CC)CC)ccc2C)c2sc(N(CC)CC)nc2C)c1. The Morgan fingerprint density at radius 1 is 0.684 bits per heavy atom. The summed E-state index contributed by atoms with van der Waals surface area (Å²) in [6.45, 7) is 24.5. The van der Waals surface area contributed by atoms with Gasteiger partial charge in [-0.1, -0.05) is 12.1 Å². The van der Waals surface area contributed by atoms with Crippen molar-refractivity contribution in [2.24, 2.45) is 0 Å². The maximum Gasteiger partial charge on any atom is 0.185 e. The third-order valence-electron chi connectivity index (χ3n) is 7.12. The van der Waals surface area contributed by atoms with Gasteiger partial charge in [0.15, 0.2) is 5.13 Å². The first-order chi connectivity index (χ1) is 18.3. The van der Waals surface area contributed by atoms with Crippen LogP contribution in [0.25, 0.3) is 0 Å². The summed E-state index contributed by atoms with van der Waals surface area (Å²) in [5.74, 6) is 1.73. The number of thiazole rings is 1. The molecule has 1 heterocycles. The third kappa shape index (κ3) is 6.87. The van der Waals surface area contributed by atoms with Crippen molar-refractivity contribution < 1.29 is 9.68 Å². The monoisotopic (exact) mass is 538 g/mol. The number of benzene rings is 2. The smallest absolute Gasteiger partial charge is 0.185 e. The Morgan fingerprint density at radius 2 is 1.13 bits per heavy atom. The van der Waals surface area contributed by atoms with Gasteiger partial charge in [-0.3, -0.25) is 0 Å². The number of rotatable bonds is 14. The molecule has 0 spiro atoms. The van der Waals surface area contributed by atoms with E-state index in [2.05, 4.69) is 104 Å². The van der Waals surface area contributed by atoms with E-state index < -0.39 is 0 Å². The number of hydroxylamine groups is 4. The molecule has 0 bridgehead atoms. The molecule has 208 valence electrons. The molecule has 0 N–H and O–H groups in total. The molecule has 6 nitrogen and oxygen atoms in total. The van der Waals surface area contributed by atoms with Crippen LogP contribution in [0.3, 0.4) is 0 Å². The zero-order valence-electron chi connectivity index (χ0n) is 24.8. The molecule has 0 aliphatic rings. The van der Waals surface area contributed by atoms with Crippen molar-refractivity contribution in [2.75, 3.05) is 44.2 Å². The van der Waals surface area contributed by atoms with Gasteiger partial charge in [0.1, 0.15) is 11.5 Å². The van der Waals surface area contributed by atoms with Gasteiger partial charge in [-0.05, 0) is 109 Å². The van der Waals surface area contributed by atoms with Gasteiger partial charge in [-0.15, -0.1) is 21.5 Å². The number of aryl methyl sites for hydroxylation is 3. The lowest BCUT2D eigenvalue weighted by molar-refractivity contribution is -0.0487. The van der Waals surface area contributed by atoms with Gasteiger partial charge < -0.3 is 14.6 Å². The molecule has 0 aliphatic carbocycles. The van der Waals surface area contributed by atoms with Crippen LogP contribution in [0.5, 0.6) is 11.5 Å². The van der Waals surface area contributed by atoms with Crippen molar-refractivity contribution in [3.8, 4) is 11.5 Å². The fraction of sp³-hybridized carbons (Fsp3) is 0.516. The molecule has 0 atom stereocenters. The van der Waals surface area contributed by atoms with E-state index in [-0.39, 0.29) is 5.92 Å². The van der Waals surface area contributed by atoms with Gasteiger partial charge in [-0.25, -0.2) is 4.98 Å². The number of hydrogen-bond acceptors (Lipinski definition) is 7. The van der Waals surface area contributed by atoms with E-state index >= 15 is 0 Å². The molecule has 2 aromatic carbocycles. The van der Waals surface area contributed by atoms with Crippen LogP contribution >= 0.6 is 11.3 Å². The van der Waals surface area contributed by atoms with Gasteiger partial charge in [0.05, 0.1) is 5.69 Å². The summed E-state index contributed by atoms with van der Waals surface area (Å²) in [6.07, 6.45) is 0. The van der Waals surface area contributed by atoms with Crippen LogP contribution in [0.1, 0.15) is 80.3 Å². The molecular weight excluding hydrogens is 492 g/mol. The minimum absolute atomic E-state index is 0.0114. The zero-order chi connectivity index (χ0) is 27.8. The molecule has 3 rings (SSSR count). The molecule has 0 saturated carbocycles. The van der Waals surface area contributed by atoms with Crippen molar-refractivity contribution >= 4 is 16.5 Å². The Bertz CT molecular complexity index is 1100. The quantitative estimate of drug-likeness (QED) is 0.200. The van der Waals surface area contributed by atoms with E-state index in [1.54, 1.807) is 11.3 Å². The molecule has 1 aromatic heterocycles. The molecule has 7 heteroatoms. The summed E-state index contributed by atoms with van der Waals surface area (Å²) < 4.78 is 0. The molecule has 38 heavy (non-hydrogen) atoms. The van der Waals surface area contributed by atoms with Crippen molar-refractivity contribution in [1.82, 2.24) is 15.1 Å². The van der Waals surface area contributed by atoms with E-state index in [4.69, 9.17) is 14.7 Å². The molecule has 0 radical (unpaired) electrons. The lowest BCUT2D eigenvalue weighted by atomic mass is 9.84. The molecule has 0 saturated heterocycles. The lowest BCUT2D eigenvalue weighted by Crippen LogP contribution is -2.27. The second kappa shape index (κ2) is 14.0. The largest absolute Gasteiger partial charge is 0.406 e. The zero-order valence-corrected chi connectivity index (χ0v) is 25.6. The lowest BCUT2D eigenvalue weighted by Gasteiger charge is -2.25. The highest BCUT2D eigenvalue weighted by molar-refractivity contribution is 7.15. The van der Waals surface area contributed by atoms with Crippen LogP contribution < -0.4 is 14.6 Å². The Labute approximate surface area is 234 Å². The van der Waals surface area contributed by atoms with Crippen LogP contribution in [0, 0.1) is 20.8 Å².